The van der Waals surface area contributed by atoms with E-state index in [9.17, 15) is 0 Å². The molecule has 0 saturated carbocycles. The van der Waals surface area contributed by atoms with Gasteiger partial charge in [-0.15, -0.1) is 0 Å². The van der Waals surface area contributed by atoms with Crippen LogP contribution >= 0.6 is 0 Å². The third-order valence-electron chi connectivity index (χ3n) is 1.50. The molecule has 1 aromatic rings. The molecule has 0 bridgehead atoms. The van der Waals surface area contributed by atoms with Gasteiger partial charge in [0.2, 0.25) is 0 Å². The van der Waals surface area contributed by atoms with E-state index in [1.54, 1.807) is 31.1 Å². The van der Waals surface area contributed by atoms with Crippen LogP contribution in [0.15, 0.2) is 24.3 Å². The molecular formula is C10H14BNO. The Bertz CT molecular complexity index is 291. The maximum absolute atomic E-state index is 9.13. The average molecular weight is 175 g/mol. The Morgan fingerprint density at radius 1 is 1.38 bits per heavy atom. The molecule has 13 heavy (non-hydrogen) atoms. The lowest BCUT2D eigenvalue weighted by molar-refractivity contribution is 0.594. The van der Waals surface area contributed by atoms with E-state index in [0.717, 1.165) is 5.46 Å². The zero-order chi connectivity index (χ0) is 10.3. The normalized spacial score (nSPS) is 7.92. The van der Waals surface area contributed by atoms with Crippen LogP contribution in [0, 0.1) is 11.3 Å². The Morgan fingerprint density at radius 3 is 2.46 bits per heavy atom. The van der Waals surface area contributed by atoms with Gasteiger partial charge in [-0.05, 0) is 17.6 Å². The molecule has 1 aromatic carbocycles. The van der Waals surface area contributed by atoms with E-state index >= 15 is 0 Å². The van der Waals surface area contributed by atoms with E-state index in [-0.39, 0.29) is 0 Å². The minimum atomic E-state index is -0.497. The molecule has 1 rings (SSSR count). The van der Waals surface area contributed by atoms with Crippen molar-refractivity contribution in [3.05, 3.63) is 29.8 Å². The summed E-state index contributed by atoms with van der Waals surface area (Å²) in [6, 6.07) is 8.97. The van der Waals surface area contributed by atoms with Crippen LogP contribution in [0.1, 0.15) is 19.4 Å². The molecule has 0 fully saturated rings. The van der Waals surface area contributed by atoms with Crippen molar-refractivity contribution in [2.45, 2.75) is 20.7 Å². The summed E-state index contributed by atoms with van der Waals surface area (Å²) in [5, 5.41) is 17.6. The summed E-state index contributed by atoms with van der Waals surface area (Å²) in [5.41, 5.74) is 1.37. The molecule has 0 aliphatic carbocycles. The largest absolute Gasteiger partial charge is 0.447 e. The maximum atomic E-state index is 9.13. The SMILES string of the molecule is CB(O)c1cccc(C#N)c1.CC. The molecule has 68 valence electrons. The molecule has 0 atom stereocenters. The summed E-state index contributed by atoms with van der Waals surface area (Å²) in [5.74, 6) is 0. The zero-order valence-corrected chi connectivity index (χ0v) is 8.28. The molecule has 2 nitrogen and oxygen atoms in total. The summed E-state index contributed by atoms with van der Waals surface area (Å²) < 4.78 is 0. The number of hydrogen-bond acceptors (Lipinski definition) is 2. The Morgan fingerprint density at radius 2 is 2.00 bits per heavy atom. The summed E-state index contributed by atoms with van der Waals surface area (Å²) in [6.45, 7) is 5.18. The Kier molecular flexibility index (Phi) is 5.66. The van der Waals surface area contributed by atoms with Crippen LogP contribution in [0.5, 0.6) is 0 Å². The highest BCUT2D eigenvalue weighted by atomic mass is 16.2. The van der Waals surface area contributed by atoms with Crippen molar-refractivity contribution in [1.29, 1.82) is 5.26 Å². The number of hydrogen-bond donors (Lipinski definition) is 1. The fourth-order valence-corrected chi connectivity index (χ4v) is 0.868. The standard InChI is InChI=1S/C8H8BNO.C2H6/c1-9(11)8-4-2-3-7(5-8)6-10;1-2/h2-5,11H,1H3;1-2H3. The van der Waals surface area contributed by atoms with Gasteiger partial charge in [-0.25, -0.2) is 0 Å². The molecule has 0 heterocycles. The Balaban J connectivity index is 0.000000671. The monoisotopic (exact) mass is 175 g/mol. The third kappa shape index (κ3) is 3.77. The number of rotatable bonds is 1. The van der Waals surface area contributed by atoms with Gasteiger partial charge in [0.1, 0.15) is 0 Å². The van der Waals surface area contributed by atoms with Crippen molar-refractivity contribution >= 4 is 12.4 Å². The fourth-order valence-electron chi connectivity index (χ4n) is 0.868. The molecule has 0 unspecified atom stereocenters. The van der Waals surface area contributed by atoms with Crippen molar-refractivity contribution in [2.75, 3.05) is 0 Å². The van der Waals surface area contributed by atoms with E-state index < -0.39 is 6.92 Å². The summed E-state index contributed by atoms with van der Waals surface area (Å²) in [6.07, 6.45) is 0. The first kappa shape index (κ1) is 11.7. The maximum Gasteiger partial charge on any atom is 0.320 e. The van der Waals surface area contributed by atoms with Gasteiger partial charge in [0.15, 0.2) is 0 Å². The van der Waals surface area contributed by atoms with Gasteiger partial charge >= 0.3 is 6.92 Å². The molecule has 3 heteroatoms. The summed E-state index contributed by atoms with van der Waals surface area (Å²) in [4.78, 5) is 0. The molecular weight excluding hydrogens is 161 g/mol. The van der Waals surface area contributed by atoms with E-state index in [2.05, 4.69) is 0 Å². The van der Waals surface area contributed by atoms with Gasteiger partial charge in [-0.1, -0.05) is 32.8 Å². The lowest BCUT2D eigenvalue weighted by atomic mass is 9.64. The van der Waals surface area contributed by atoms with Gasteiger partial charge in [0, 0.05) is 0 Å². The second kappa shape index (κ2) is 6.27. The van der Waals surface area contributed by atoms with Gasteiger partial charge in [0.05, 0.1) is 11.6 Å². The molecule has 0 aromatic heterocycles. The number of nitrogens with zero attached hydrogens (tertiary/aromatic N) is 1. The van der Waals surface area contributed by atoms with Crippen LogP contribution in [0.25, 0.3) is 0 Å². The Hall–Kier alpha value is -1.27. The second-order valence-corrected chi connectivity index (χ2v) is 2.41. The van der Waals surface area contributed by atoms with Gasteiger partial charge < -0.3 is 5.02 Å². The average Bonchev–Trinajstić information content (AvgIpc) is 2.21. The van der Waals surface area contributed by atoms with E-state index in [1.807, 2.05) is 19.9 Å². The van der Waals surface area contributed by atoms with E-state index in [0.29, 0.717) is 5.56 Å². The molecule has 0 aliphatic rings. The minimum Gasteiger partial charge on any atom is -0.447 e. The predicted octanol–water partition coefficient (Wildman–Crippen LogP) is 1.41. The van der Waals surface area contributed by atoms with Gasteiger partial charge in [0.25, 0.3) is 0 Å². The highest BCUT2D eigenvalue weighted by molar-refractivity contribution is 6.64. The third-order valence-corrected chi connectivity index (χ3v) is 1.50. The molecule has 0 amide bonds. The van der Waals surface area contributed by atoms with Crippen LogP contribution < -0.4 is 5.46 Å². The number of benzene rings is 1. The van der Waals surface area contributed by atoms with E-state index in [4.69, 9.17) is 10.3 Å². The quantitative estimate of drug-likeness (QED) is 0.655. The topological polar surface area (TPSA) is 44.0 Å². The zero-order valence-electron chi connectivity index (χ0n) is 8.28. The molecule has 0 saturated heterocycles. The summed E-state index contributed by atoms with van der Waals surface area (Å²) >= 11 is 0. The molecule has 0 radical (unpaired) electrons. The van der Waals surface area contributed by atoms with Crippen LogP contribution in [-0.4, -0.2) is 11.9 Å². The van der Waals surface area contributed by atoms with Crippen molar-refractivity contribution < 1.29 is 5.02 Å². The molecule has 0 aliphatic heterocycles. The van der Waals surface area contributed by atoms with Crippen LogP contribution in [0.2, 0.25) is 6.82 Å². The smallest absolute Gasteiger partial charge is 0.320 e. The lowest BCUT2D eigenvalue weighted by Crippen LogP contribution is -2.25. The lowest BCUT2D eigenvalue weighted by Gasteiger charge is -1.98. The highest BCUT2D eigenvalue weighted by Crippen LogP contribution is 1.94. The van der Waals surface area contributed by atoms with Crippen LogP contribution in [-0.2, 0) is 0 Å². The first-order valence-electron chi connectivity index (χ1n) is 4.42. The Labute approximate surface area is 79.9 Å². The van der Waals surface area contributed by atoms with Crippen LogP contribution in [0.4, 0.5) is 0 Å². The molecule has 0 spiro atoms. The minimum absolute atomic E-state index is 0.497. The van der Waals surface area contributed by atoms with Gasteiger partial charge in [-0.3, -0.25) is 0 Å². The molecule has 1 N–H and O–H groups in total. The first-order valence-corrected chi connectivity index (χ1v) is 4.42. The van der Waals surface area contributed by atoms with Crippen LogP contribution in [0.3, 0.4) is 0 Å². The van der Waals surface area contributed by atoms with Crippen molar-refractivity contribution in [1.82, 2.24) is 0 Å². The van der Waals surface area contributed by atoms with Crippen molar-refractivity contribution in [3.8, 4) is 6.07 Å². The van der Waals surface area contributed by atoms with E-state index in [1.165, 1.54) is 0 Å². The van der Waals surface area contributed by atoms with Crippen molar-refractivity contribution in [2.24, 2.45) is 0 Å². The van der Waals surface area contributed by atoms with Crippen molar-refractivity contribution in [3.63, 3.8) is 0 Å². The second-order valence-electron chi connectivity index (χ2n) is 2.41. The predicted molar refractivity (Wildman–Crippen MR) is 56.0 cm³/mol. The summed E-state index contributed by atoms with van der Waals surface area (Å²) in [7, 11) is 0. The first-order chi connectivity index (χ1) is 6.24. The fraction of sp³-hybridized carbons (Fsp3) is 0.300. The number of nitriles is 1. The highest BCUT2D eigenvalue weighted by Gasteiger charge is 2.05. The van der Waals surface area contributed by atoms with Gasteiger partial charge in [-0.2, -0.15) is 5.26 Å².